The minimum absolute atomic E-state index is 0.0181. The molecule has 0 spiro atoms. The molecule has 2 aromatic rings. The number of aryl methyl sites for hydroxylation is 1. The molecule has 1 aliphatic rings. The quantitative estimate of drug-likeness (QED) is 0.843. The molecular weight excluding hydrogens is 268 g/mol. The van der Waals surface area contributed by atoms with E-state index < -0.39 is 0 Å². The number of nitrogens with one attached hydrogen (secondary N) is 1. The molecule has 1 aliphatic heterocycles. The number of amides is 2. The Hall–Kier alpha value is -2.82. The predicted octanol–water partition coefficient (Wildman–Crippen LogP) is 2.30. The van der Waals surface area contributed by atoms with E-state index in [1.807, 2.05) is 6.07 Å². The second-order valence-electron chi connectivity index (χ2n) is 4.96. The number of aromatic hydroxyl groups is 1. The third-order valence-corrected chi connectivity index (χ3v) is 3.46. The summed E-state index contributed by atoms with van der Waals surface area (Å²) in [6.45, 7) is 1.71. The monoisotopic (exact) mass is 282 g/mol. The van der Waals surface area contributed by atoms with Gasteiger partial charge in [0.1, 0.15) is 12.3 Å². The van der Waals surface area contributed by atoms with Gasteiger partial charge in [-0.05, 0) is 42.8 Å². The van der Waals surface area contributed by atoms with Crippen LogP contribution in [0.25, 0.3) is 0 Å². The maximum Gasteiger partial charge on any atom is 0.258 e. The number of carbonyl (C=O) groups is 2. The molecule has 0 fully saturated rings. The molecule has 5 nitrogen and oxygen atoms in total. The summed E-state index contributed by atoms with van der Waals surface area (Å²) in [5.74, 6) is -0.346. The van der Waals surface area contributed by atoms with Gasteiger partial charge in [-0.1, -0.05) is 12.1 Å². The molecule has 5 heteroatoms. The van der Waals surface area contributed by atoms with Crippen LogP contribution in [0.3, 0.4) is 0 Å². The molecular formula is C16H14N2O3. The lowest BCUT2D eigenvalue weighted by Gasteiger charge is -2.29. The molecule has 0 radical (unpaired) electrons. The highest BCUT2D eigenvalue weighted by Crippen LogP contribution is 2.30. The first kappa shape index (κ1) is 13.2. The molecule has 0 bridgehead atoms. The summed E-state index contributed by atoms with van der Waals surface area (Å²) in [6, 6.07) is 11.8. The first-order valence-corrected chi connectivity index (χ1v) is 6.56. The Labute approximate surface area is 121 Å². The third kappa shape index (κ3) is 2.33. The van der Waals surface area contributed by atoms with Crippen LogP contribution in [0, 0.1) is 6.92 Å². The number of para-hydroxylation sites is 2. The Kier molecular flexibility index (Phi) is 3.10. The highest BCUT2D eigenvalue weighted by atomic mass is 16.3. The van der Waals surface area contributed by atoms with Crippen LogP contribution in [-0.4, -0.2) is 23.5 Å². The van der Waals surface area contributed by atoms with Crippen molar-refractivity contribution in [3.63, 3.8) is 0 Å². The lowest BCUT2D eigenvalue weighted by Crippen LogP contribution is -2.42. The third-order valence-electron chi connectivity index (χ3n) is 3.46. The molecule has 0 unspecified atom stereocenters. The van der Waals surface area contributed by atoms with Crippen molar-refractivity contribution in [2.75, 3.05) is 16.8 Å². The zero-order valence-corrected chi connectivity index (χ0v) is 11.5. The molecule has 106 valence electrons. The molecule has 0 atom stereocenters. The number of nitrogens with zero attached hydrogens (tertiary/aromatic N) is 1. The normalized spacial score (nSPS) is 13.6. The molecule has 0 saturated carbocycles. The van der Waals surface area contributed by atoms with E-state index in [1.54, 1.807) is 37.3 Å². The molecule has 2 aromatic carbocycles. The maximum absolute atomic E-state index is 12.6. The van der Waals surface area contributed by atoms with E-state index in [1.165, 1.54) is 11.0 Å². The van der Waals surface area contributed by atoms with Crippen molar-refractivity contribution in [2.24, 2.45) is 0 Å². The summed E-state index contributed by atoms with van der Waals surface area (Å²) < 4.78 is 0. The zero-order valence-electron chi connectivity index (χ0n) is 11.5. The van der Waals surface area contributed by atoms with Gasteiger partial charge in [-0.2, -0.15) is 0 Å². The standard InChI is InChI=1S/C16H14N2O3/c1-10-8-11(6-7-14(10)19)16(21)18-9-15(20)17-12-4-2-3-5-13(12)18/h2-8,19H,9H2,1H3,(H,17,20). The van der Waals surface area contributed by atoms with E-state index in [9.17, 15) is 14.7 Å². The van der Waals surface area contributed by atoms with Gasteiger partial charge < -0.3 is 10.4 Å². The highest BCUT2D eigenvalue weighted by molar-refractivity contribution is 6.15. The van der Waals surface area contributed by atoms with Crippen LogP contribution in [-0.2, 0) is 4.79 Å². The number of phenolic OH excluding ortho intramolecular Hbond substituents is 1. The number of hydrogen-bond donors (Lipinski definition) is 2. The van der Waals surface area contributed by atoms with Crippen LogP contribution in [0.4, 0.5) is 11.4 Å². The van der Waals surface area contributed by atoms with Gasteiger partial charge in [0.25, 0.3) is 5.91 Å². The lowest BCUT2D eigenvalue weighted by atomic mass is 10.1. The van der Waals surface area contributed by atoms with Crippen LogP contribution < -0.4 is 10.2 Å². The van der Waals surface area contributed by atoms with Gasteiger partial charge in [-0.3, -0.25) is 14.5 Å². The Morgan fingerprint density at radius 3 is 2.76 bits per heavy atom. The van der Waals surface area contributed by atoms with E-state index in [0.29, 0.717) is 22.5 Å². The van der Waals surface area contributed by atoms with Crippen LogP contribution >= 0.6 is 0 Å². The van der Waals surface area contributed by atoms with Crippen LogP contribution in [0.5, 0.6) is 5.75 Å². The van der Waals surface area contributed by atoms with Gasteiger partial charge >= 0.3 is 0 Å². The number of fused-ring (bicyclic) bond motifs is 1. The second kappa shape index (κ2) is 4.94. The molecule has 1 heterocycles. The number of carbonyl (C=O) groups excluding carboxylic acids is 2. The predicted molar refractivity (Wildman–Crippen MR) is 79.6 cm³/mol. The minimum atomic E-state index is -0.264. The summed E-state index contributed by atoms with van der Waals surface area (Å²) in [7, 11) is 0. The second-order valence-corrected chi connectivity index (χ2v) is 4.96. The molecule has 21 heavy (non-hydrogen) atoms. The molecule has 0 aromatic heterocycles. The van der Waals surface area contributed by atoms with Gasteiger partial charge in [0.15, 0.2) is 0 Å². The SMILES string of the molecule is Cc1cc(C(=O)N2CC(=O)Nc3ccccc32)ccc1O. The fraction of sp³-hybridized carbons (Fsp3) is 0.125. The molecule has 2 amide bonds. The molecule has 0 aliphatic carbocycles. The average Bonchev–Trinajstić information content (AvgIpc) is 2.48. The van der Waals surface area contributed by atoms with E-state index in [0.717, 1.165) is 0 Å². The highest BCUT2D eigenvalue weighted by Gasteiger charge is 2.27. The topological polar surface area (TPSA) is 69.6 Å². The summed E-state index contributed by atoms with van der Waals surface area (Å²) >= 11 is 0. The van der Waals surface area contributed by atoms with Crippen molar-refractivity contribution in [1.82, 2.24) is 0 Å². The van der Waals surface area contributed by atoms with E-state index in [2.05, 4.69) is 5.32 Å². The summed E-state index contributed by atoms with van der Waals surface area (Å²) in [4.78, 5) is 25.8. The number of rotatable bonds is 1. The van der Waals surface area contributed by atoms with Gasteiger partial charge in [0, 0.05) is 5.56 Å². The number of benzene rings is 2. The zero-order chi connectivity index (χ0) is 15.0. The first-order chi connectivity index (χ1) is 10.1. The summed E-state index contributed by atoms with van der Waals surface area (Å²) in [5.41, 5.74) is 2.36. The van der Waals surface area contributed by atoms with Crippen LogP contribution in [0.1, 0.15) is 15.9 Å². The summed E-state index contributed by atoms with van der Waals surface area (Å²) in [6.07, 6.45) is 0. The van der Waals surface area contributed by atoms with Gasteiger partial charge in [-0.25, -0.2) is 0 Å². The first-order valence-electron chi connectivity index (χ1n) is 6.56. The van der Waals surface area contributed by atoms with Crippen molar-refractivity contribution < 1.29 is 14.7 Å². The van der Waals surface area contributed by atoms with Crippen LogP contribution in [0.2, 0.25) is 0 Å². The number of phenols is 1. The number of hydrogen-bond acceptors (Lipinski definition) is 3. The Balaban J connectivity index is 2.01. The van der Waals surface area contributed by atoms with E-state index in [4.69, 9.17) is 0 Å². The largest absolute Gasteiger partial charge is 0.508 e. The molecule has 2 N–H and O–H groups in total. The van der Waals surface area contributed by atoms with Crippen LogP contribution in [0.15, 0.2) is 42.5 Å². The van der Waals surface area contributed by atoms with Gasteiger partial charge in [0.05, 0.1) is 11.4 Å². The fourth-order valence-electron chi connectivity index (χ4n) is 2.36. The Bertz CT molecular complexity index is 740. The fourth-order valence-corrected chi connectivity index (χ4v) is 2.36. The Morgan fingerprint density at radius 1 is 1.24 bits per heavy atom. The van der Waals surface area contributed by atoms with E-state index >= 15 is 0 Å². The minimum Gasteiger partial charge on any atom is -0.508 e. The van der Waals surface area contributed by atoms with Gasteiger partial charge in [-0.15, -0.1) is 0 Å². The lowest BCUT2D eigenvalue weighted by molar-refractivity contribution is -0.115. The van der Waals surface area contributed by atoms with Crippen molar-refractivity contribution >= 4 is 23.2 Å². The van der Waals surface area contributed by atoms with E-state index in [-0.39, 0.29) is 24.1 Å². The average molecular weight is 282 g/mol. The van der Waals surface area contributed by atoms with Crippen molar-refractivity contribution in [2.45, 2.75) is 6.92 Å². The van der Waals surface area contributed by atoms with Gasteiger partial charge in [0.2, 0.25) is 5.91 Å². The maximum atomic E-state index is 12.6. The Morgan fingerprint density at radius 2 is 2.00 bits per heavy atom. The van der Waals surface area contributed by atoms with Crippen molar-refractivity contribution in [1.29, 1.82) is 0 Å². The molecule has 0 saturated heterocycles. The van der Waals surface area contributed by atoms with Crippen molar-refractivity contribution in [3.8, 4) is 5.75 Å². The molecule has 3 rings (SSSR count). The van der Waals surface area contributed by atoms with Crippen molar-refractivity contribution in [3.05, 3.63) is 53.6 Å². The number of anilines is 2. The smallest absolute Gasteiger partial charge is 0.258 e. The summed E-state index contributed by atoms with van der Waals surface area (Å²) in [5, 5.41) is 12.3.